The molecule has 46 heavy (non-hydrogen) atoms. The number of nitrogens with zero attached hydrogens (tertiary/aromatic N) is 3. The van der Waals surface area contributed by atoms with E-state index >= 15 is 0 Å². The number of aromatic nitrogens is 3. The van der Waals surface area contributed by atoms with Crippen molar-refractivity contribution in [3.05, 3.63) is 152 Å². The van der Waals surface area contributed by atoms with Crippen molar-refractivity contribution in [2.45, 2.75) is 0 Å². The van der Waals surface area contributed by atoms with Gasteiger partial charge in [-0.15, -0.1) is 11.3 Å². The van der Waals surface area contributed by atoms with Crippen LogP contribution >= 0.6 is 11.3 Å². The van der Waals surface area contributed by atoms with Gasteiger partial charge in [-0.3, -0.25) is 4.57 Å². The van der Waals surface area contributed by atoms with Gasteiger partial charge < -0.3 is 0 Å². The van der Waals surface area contributed by atoms with Gasteiger partial charge in [-0.25, -0.2) is 9.97 Å². The Morgan fingerprint density at radius 3 is 1.93 bits per heavy atom. The van der Waals surface area contributed by atoms with Gasteiger partial charge in [0.15, 0.2) is 5.82 Å². The van der Waals surface area contributed by atoms with E-state index in [4.69, 9.17) is 9.97 Å². The second-order valence-electron chi connectivity index (χ2n) is 11.8. The molecular formula is C42H25N3S. The maximum Gasteiger partial charge on any atom is 0.162 e. The smallest absolute Gasteiger partial charge is 0.162 e. The first kappa shape index (κ1) is 25.5. The maximum atomic E-state index is 5.34. The summed E-state index contributed by atoms with van der Waals surface area (Å²) in [4.78, 5) is 10.4. The molecule has 0 radical (unpaired) electrons. The van der Waals surface area contributed by atoms with E-state index in [0.717, 1.165) is 28.2 Å². The van der Waals surface area contributed by atoms with Crippen LogP contribution in [0.25, 0.3) is 92.0 Å². The van der Waals surface area contributed by atoms with Gasteiger partial charge in [0.25, 0.3) is 0 Å². The Morgan fingerprint density at radius 2 is 1.13 bits per heavy atom. The van der Waals surface area contributed by atoms with Crippen molar-refractivity contribution in [1.82, 2.24) is 14.5 Å². The lowest BCUT2D eigenvalue weighted by Crippen LogP contribution is -2.02. The number of benzene rings is 7. The molecule has 3 heterocycles. The number of rotatable bonds is 3. The molecule has 0 aliphatic heterocycles. The quantitative estimate of drug-likeness (QED) is 0.201. The van der Waals surface area contributed by atoms with Crippen LogP contribution in [-0.4, -0.2) is 14.5 Å². The van der Waals surface area contributed by atoms with E-state index < -0.39 is 0 Å². The van der Waals surface area contributed by atoms with E-state index in [1.165, 1.54) is 58.0 Å². The first-order valence-corrected chi connectivity index (χ1v) is 16.3. The van der Waals surface area contributed by atoms with E-state index in [2.05, 4.69) is 132 Å². The molecule has 0 aliphatic carbocycles. The molecule has 0 amide bonds. The molecule has 0 bridgehead atoms. The zero-order valence-corrected chi connectivity index (χ0v) is 25.5. The molecule has 10 rings (SSSR count). The summed E-state index contributed by atoms with van der Waals surface area (Å²) >= 11 is 1.89. The standard InChI is InChI=1S/C42H25N3S/c1-3-14-27(15-4-1)33-25-36(44-42(43-33)28-16-5-2-6-17-28)45-34-24-23-26-13-7-8-18-29(26)38(34)39-40(45)31-20-10-9-19-30(31)37-32-21-11-12-22-35(32)46-41(37)39/h1-25H. The summed E-state index contributed by atoms with van der Waals surface area (Å²) in [5.41, 5.74) is 5.27. The Balaban J connectivity index is 1.46. The average molecular weight is 604 g/mol. The summed E-state index contributed by atoms with van der Waals surface area (Å²) in [6, 6.07) is 53.9. The summed E-state index contributed by atoms with van der Waals surface area (Å²) in [5, 5.41) is 10.1. The highest BCUT2D eigenvalue weighted by atomic mass is 32.1. The summed E-state index contributed by atoms with van der Waals surface area (Å²) in [6.45, 7) is 0. The van der Waals surface area contributed by atoms with Crippen LogP contribution in [0.2, 0.25) is 0 Å². The summed E-state index contributed by atoms with van der Waals surface area (Å²) in [7, 11) is 0. The molecule has 0 saturated heterocycles. The van der Waals surface area contributed by atoms with Gasteiger partial charge in [0.05, 0.1) is 16.7 Å². The van der Waals surface area contributed by atoms with Crippen molar-refractivity contribution in [1.29, 1.82) is 0 Å². The molecule has 7 aromatic carbocycles. The monoisotopic (exact) mass is 603 g/mol. The topological polar surface area (TPSA) is 30.7 Å². The van der Waals surface area contributed by atoms with Crippen LogP contribution in [0.4, 0.5) is 0 Å². The highest BCUT2D eigenvalue weighted by molar-refractivity contribution is 7.27. The van der Waals surface area contributed by atoms with Crippen LogP contribution in [0, 0.1) is 0 Å². The van der Waals surface area contributed by atoms with Crippen molar-refractivity contribution in [2.75, 3.05) is 0 Å². The fraction of sp³-hybridized carbons (Fsp3) is 0. The van der Waals surface area contributed by atoms with E-state index in [1.807, 2.05) is 35.6 Å². The normalized spacial score (nSPS) is 11.9. The lowest BCUT2D eigenvalue weighted by Gasteiger charge is -2.13. The third-order valence-electron chi connectivity index (χ3n) is 9.18. The molecule has 0 aliphatic rings. The Kier molecular flexibility index (Phi) is 5.45. The minimum Gasteiger partial charge on any atom is -0.293 e. The molecule has 0 spiro atoms. The minimum atomic E-state index is 0.708. The predicted molar refractivity (Wildman–Crippen MR) is 195 cm³/mol. The fourth-order valence-electron chi connectivity index (χ4n) is 7.19. The Labute approximate surface area is 268 Å². The molecule has 3 nitrogen and oxygen atoms in total. The van der Waals surface area contributed by atoms with Crippen molar-refractivity contribution >= 4 is 74.9 Å². The molecule has 0 atom stereocenters. The van der Waals surface area contributed by atoms with Crippen LogP contribution in [-0.2, 0) is 0 Å². The van der Waals surface area contributed by atoms with Crippen molar-refractivity contribution in [2.24, 2.45) is 0 Å². The number of hydrogen-bond donors (Lipinski definition) is 0. The van der Waals surface area contributed by atoms with Crippen LogP contribution in [0.1, 0.15) is 0 Å². The second kappa shape index (κ2) is 9.83. The van der Waals surface area contributed by atoms with Crippen LogP contribution in [0.5, 0.6) is 0 Å². The molecule has 0 unspecified atom stereocenters. The van der Waals surface area contributed by atoms with Crippen LogP contribution < -0.4 is 0 Å². The first-order chi connectivity index (χ1) is 22.8. The van der Waals surface area contributed by atoms with Crippen molar-refractivity contribution in [3.63, 3.8) is 0 Å². The third kappa shape index (κ3) is 3.65. The van der Waals surface area contributed by atoms with E-state index in [1.54, 1.807) is 0 Å². The molecule has 0 saturated carbocycles. The average Bonchev–Trinajstić information content (AvgIpc) is 3.69. The van der Waals surface area contributed by atoms with Crippen LogP contribution in [0.3, 0.4) is 0 Å². The molecule has 10 aromatic rings. The fourth-order valence-corrected chi connectivity index (χ4v) is 8.46. The van der Waals surface area contributed by atoms with Gasteiger partial charge in [-0.1, -0.05) is 133 Å². The Morgan fingerprint density at radius 1 is 0.478 bits per heavy atom. The van der Waals surface area contributed by atoms with Crippen molar-refractivity contribution < 1.29 is 0 Å². The molecule has 3 aromatic heterocycles. The maximum absolute atomic E-state index is 5.34. The van der Waals surface area contributed by atoms with Gasteiger partial charge in [-0.2, -0.15) is 0 Å². The summed E-state index contributed by atoms with van der Waals surface area (Å²) in [6.07, 6.45) is 0. The van der Waals surface area contributed by atoms with E-state index in [-0.39, 0.29) is 0 Å². The lowest BCUT2D eigenvalue weighted by molar-refractivity contribution is 1.05. The van der Waals surface area contributed by atoms with Gasteiger partial charge in [0.1, 0.15) is 5.82 Å². The highest BCUT2D eigenvalue weighted by Gasteiger charge is 2.24. The Hall–Kier alpha value is -5.84. The summed E-state index contributed by atoms with van der Waals surface area (Å²) in [5.74, 6) is 1.56. The first-order valence-electron chi connectivity index (χ1n) is 15.5. The molecular weight excluding hydrogens is 579 g/mol. The van der Waals surface area contributed by atoms with Gasteiger partial charge in [0.2, 0.25) is 0 Å². The third-order valence-corrected chi connectivity index (χ3v) is 10.4. The van der Waals surface area contributed by atoms with Crippen LogP contribution in [0.15, 0.2) is 152 Å². The minimum absolute atomic E-state index is 0.708. The molecule has 0 N–H and O–H groups in total. The van der Waals surface area contributed by atoms with Gasteiger partial charge >= 0.3 is 0 Å². The molecule has 0 fully saturated rings. The van der Waals surface area contributed by atoms with Gasteiger partial charge in [-0.05, 0) is 28.3 Å². The Bertz CT molecular complexity index is 2740. The number of fused-ring (bicyclic) bond motifs is 12. The predicted octanol–water partition coefficient (Wildman–Crippen LogP) is 11.6. The zero-order chi connectivity index (χ0) is 30.2. The molecule has 4 heteroatoms. The van der Waals surface area contributed by atoms with E-state index in [0.29, 0.717) is 5.82 Å². The summed E-state index contributed by atoms with van der Waals surface area (Å²) < 4.78 is 5.01. The van der Waals surface area contributed by atoms with Crippen molar-refractivity contribution in [3.8, 4) is 28.5 Å². The zero-order valence-electron chi connectivity index (χ0n) is 24.7. The SMILES string of the molecule is c1ccc(-c2cc(-n3c4ccc5ccccc5c4c4c5sc6ccccc6c5c5ccccc5c43)nc(-c3ccccc3)n2)cc1. The second-order valence-corrected chi connectivity index (χ2v) is 12.8. The lowest BCUT2D eigenvalue weighted by atomic mass is 9.98. The number of thiophene rings is 1. The largest absolute Gasteiger partial charge is 0.293 e. The highest BCUT2D eigenvalue weighted by Crippen LogP contribution is 2.49. The van der Waals surface area contributed by atoms with E-state index in [9.17, 15) is 0 Å². The van der Waals surface area contributed by atoms with Gasteiger partial charge in [0, 0.05) is 53.5 Å². The number of hydrogen-bond acceptors (Lipinski definition) is 3. The molecule has 214 valence electrons.